The number of anilines is 1. The Morgan fingerprint density at radius 3 is 2.82 bits per heavy atom. The fourth-order valence-electron chi connectivity index (χ4n) is 1.71. The number of amides is 2. The minimum absolute atomic E-state index is 0.0663. The van der Waals surface area contributed by atoms with Gasteiger partial charge in [-0.15, -0.1) is 0 Å². The Morgan fingerprint density at radius 1 is 1.27 bits per heavy atom. The number of H-pyrrole nitrogens is 1. The second-order valence-electron chi connectivity index (χ2n) is 4.65. The molecule has 2 aromatic rings. The van der Waals surface area contributed by atoms with E-state index in [0.29, 0.717) is 5.16 Å². The molecular weight excluding hydrogens is 302 g/mol. The number of nitrogens with zero attached hydrogens (tertiary/aromatic N) is 2. The van der Waals surface area contributed by atoms with Crippen molar-refractivity contribution < 1.29 is 9.59 Å². The summed E-state index contributed by atoms with van der Waals surface area (Å²) in [6.07, 6.45) is 1.37. The molecule has 0 saturated carbocycles. The van der Waals surface area contributed by atoms with Gasteiger partial charge in [-0.2, -0.15) is 5.10 Å². The van der Waals surface area contributed by atoms with E-state index in [1.54, 1.807) is 0 Å². The van der Waals surface area contributed by atoms with Gasteiger partial charge in [-0.1, -0.05) is 23.9 Å². The molecular formula is C14H17N5O2S. The number of aryl methyl sites for hydroxylation is 1. The Morgan fingerprint density at radius 2 is 2.09 bits per heavy atom. The van der Waals surface area contributed by atoms with E-state index in [1.807, 2.05) is 32.0 Å². The maximum Gasteiger partial charge on any atom is 0.243 e. The quantitative estimate of drug-likeness (QED) is 0.696. The number of aromatic nitrogens is 3. The molecule has 8 heteroatoms. The van der Waals surface area contributed by atoms with Crippen molar-refractivity contribution in [3.05, 3.63) is 35.7 Å². The van der Waals surface area contributed by atoms with Gasteiger partial charge in [-0.25, -0.2) is 4.98 Å². The first-order chi connectivity index (χ1) is 10.6. The van der Waals surface area contributed by atoms with Crippen LogP contribution in [-0.2, 0) is 9.59 Å². The lowest BCUT2D eigenvalue weighted by atomic mass is 10.1. The molecule has 0 aliphatic rings. The number of aromatic amines is 1. The number of carbonyl (C=O) groups excluding carboxylic acids is 2. The standard InChI is InChI=1S/C14H17N5O2S/c1-9-4-3-5-11(10(9)2)18-12(20)6-15-13(21)7-22-14-16-8-17-19-14/h3-5,8H,6-7H2,1-2H3,(H,15,21)(H,18,20)(H,16,17,19). The van der Waals surface area contributed by atoms with Crippen LogP contribution in [0.4, 0.5) is 5.69 Å². The average molecular weight is 319 g/mol. The predicted octanol–water partition coefficient (Wildman–Crippen LogP) is 1.27. The zero-order valence-electron chi connectivity index (χ0n) is 12.3. The summed E-state index contributed by atoms with van der Waals surface area (Å²) in [4.78, 5) is 27.4. The van der Waals surface area contributed by atoms with Crippen molar-refractivity contribution in [3.63, 3.8) is 0 Å². The van der Waals surface area contributed by atoms with Crippen molar-refractivity contribution >= 4 is 29.3 Å². The summed E-state index contributed by atoms with van der Waals surface area (Å²) in [7, 11) is 0. The van der Waals surface area contributed by atoms with Gasteiger partial charge in [-0.05, 0) is 31.0 Å². The Labute approximate surface area is 132 Å². The Hall–Kier alpha value is -2.35. The molecule has 0 atom stereocenters. The van der Waals surface area contributed by atoms with E-state index in [4.69, 9.17) is 0 Å². The van der Waals surface area contributed by atoms with Gasteiger partial charge in [0.25, 0.3) is 0 Å². The van der Waals surface area contributed by atoms with Crippen LogP contribution in [-0.4, -0.2) is 39.3 Å². The van der Waals surface area contributed by atoms with Crippen molar-refractivity contribution in [1.29, 1.82) is 0 Å². The highest BCUT2D eigenvalue weighted by Crippen LogP contribution is 2.17. The molecule has 0 spiro atoms. The number of carbonyl (C=O) groups is 2. The maximum absolute atomic E-state index is 11.9. The molecule has 1 aromatic heterocycles. The highest BCUT2D eigenvalue weighted by Gasteiger charge is 2.09. The molecule has 7 nitrogen and oxygen atoms in total. The normalized spacial score (nSPS) is 10.3. The number of benzene rings is 1. The first-order valence-electron chi connectivity index (χ1n) is 6.67. The summed E-state index contributed by atoms with van der Waals surface area (Å²) in [5.41, 5.74) is 2.88. The summed E-state index contributed by atoms with van der Waals surface area (Å²) in [6.45, 7) is 3.86. The molecule has 0 fully saturated rings. The molecule has 22 heavy (non-hydrogen) atoms. The molecule has 1 aromatic carbocycles. The number of rotatable bonds is 6. The van der Waals surface area contributed by atoms with Gasteiger partial charge in [0.05, 0.1) is 12.3 Å². The van der Waals surface area contributed by atoms with E-state index >= 15 is 0 Å². The monoisotopic (exact) mass is 319 g/mol. The van der Waals surface area contributed by atoms with Gasteiger partial charge in [-0.3, -0.25) is 14.7 Å². The Balaban J connectivity index is 1.75. The van der Waals surface area contributed by atoms with E-state index < -0.39 is 0 Å². The second kappa shape index (κ2) is 7.60. The molecule has 0 saturated heterocycles. The van der Waals surface area contributed by atoms with Crippen LogP contribution in [0.25, 0.3) is 0 Å². The highest BCUT2D eigenvalue weighted by molar-refractivity contribution is 7.99. The van der Waals surface area contributed by atoms with Gasteiger partial charge >= 0.3 is 0 Å². The topological polar surface area (TPSA) is 99.8 Å². The molecule has 0 radical (unpaired) electrons. The molecule has 116 valence electrons. The van der Waals surface area contributed by atoms with Crippen molar-refractivity contribution in [2.24, 2.45) is 0 Å². The summed E-state index contributed by atoms with van der Waals surface area (Å²) in [6, 6.07) is 5.69. The van der Waals surface area contributed by atoms with Gasteiger partial charge in [0.15, 0.2) is 5.16 Å². The molecule has 0 bridgehead atoms. The Bertz CT molecular complexity index is 657. The second-order valence-corrected chi connectivity index (χ2v) is 5.62. The van der Waals surface area contributed by atoms with Gasteiger partial charge in [0.2, 0.25) is 11.8 Å². The van der Waals surface area contributed by atoms with Crippen LogP contribution in [0.3, 0.4) is 0 Å². The lowest BCUT2D eigenvalue weighted by Gasteiger charge is -2.10. The van der Waals surface area contributed by atoms with Crippen molar-refractivity contribution in [2.75, 3.05) is 17.6 Å². The molecule has 0 unspecified atom stereocenters. The van der Waals surface area contributed by atoms with Crippen LogP contribution in [0.15, 0.2) is 29.7 Å². The SMILES string of the molecule is Cc1cccc(NC(=O)CNC(=O)CSc2ncn[nH]2)c1C. The number of thioether (sulfide) groups is 1. The minimum Gasteiger partial charge on any atom is -0.346 e. The molecule has 3 N–H and O–H groups in total. The van der Waals surface area contributed by atoms with Crippen LogP contribution in [0.5, 0.6) is 0 Å². The van der Waals surface area contributed by atoms with Gasteiger partial charge in [0.1, 0.15) is 6.33 Å². The molecule has 0 aliphatic heterocycles. The van der Waals surface area contributed by atoms with Crippen LogP contribution in [0, 0.1) is 13.8 Å². The summed E-state index contributed by atoms with van der Waals surface area (Å²) in [5.74, 6) is -0.324. The largest absolute Gasteiger partial charge is 0.346 e. The molecule has 0 aliphatic carbocycles. The smallest absolute Gasteiger partial charge is 0.243 e. The number of hydrogen-bond donors (Lipinski definition) is 3. The fourth-order valence-corrected chi connectivity index (χ4v) is 2.32. The van der Waals surface area contributed by atoms with Crippen LogP contribution in [0.2, 0.25) is 0 Å². The summed E-state index contributed by atoms with van der Waals surface area (Å²) < 4.78 is 0. The third-order valence-electron chi connectivity index (χ3n) is 3.06. The van der Waals surface area contributed by atoms with Crippen LogP contribution >= 0.6 is 11.8 Å². The number of nitrogens with one attached hydrogen (secondary N) is 3. The molecule has 2 amide bonds. The van der Waals surface area contributed by atoms with Crippen molar-refractivity contribution in [3.8, 4) is 0 Å². The zero-order chi connectivity index (χ0) is 15.9. The zero-order valence-corrected chi connectivity index (χ0v) is 13.2. The van der Waals surface area contributed by atoms with Crippen LogP contribution < -0.4 is 10.6 Å². The fraction of sp³-hybridized carbons (Fsp3) is 0.286. The van der Waals surface area contributed by atoms with E-state index in [-0.39, 0.29) is 24.1 Å². The lowest BCUT2D eigenvalue weighted by Crippen LogP contribution is -2.34. The van der Waals surface area contributed by atoms with Crippen molar-refractivity contribution in [2.45, 2.75) is 19.0 Å². The number of hydrogen-bond acceptors (Lipinski definition) is 5. The minimum atomic E-state index is -0.258. The lowest BCUT2D eigenvalue weighted by molar-refractivity contribution is -0.122. The molecule has 2 rings (SSSR count). The van der Waals surface area contributed by atoms with Crippen LogP contribution in [0.1, 0.15) is 11.1 Å². The predicted molar refractivity (Wildman–Crippen MR) is 84.7 cm³/mol. The highest BCUT2D eigenvalue weighted by atomic mass is 32.2. The van der Waals surface area contributed by atoms with Gasteiger partial charge < -0.3 is 10.6 Å². The van der Waals surface area contributed by atoms with Gasteiger partial charge in [0, 0.05) is 5.69 Å². The molecule has 1 heterocycles. The van der Waals surface area contributed by atoms with E-state index in [2.05, 4.69) is 25.8 Å². The van der Waals surface area contributed by atoms with E-state index in [1.165, 1.54) is 18.1 Å². The van der Waals surface area contributed by atoms with E-state index in [0.717, 1.165) is 16.8 Å². The summed E-state index contributed by atoms with van der Waals surface area (Å²) >= 11 is 1.22. The third kappa shape index (κ3) is 4.59. The third-order valence-corrected chi connectivity index (χ3v) is 3.93. The summed E-state index contributed by atoms with van der Waals surface area (Å²) in [5, 5.41) is 12.2. The maximum atomic E-state index is 11.9. The Kier molecular flexibility index (Phi) is 5.54. The van der Waals surface area contributed by atoms with E-state index in [9.17, 15) is 9.59 Å². The average Bonchev–Trinajstić information content (AvgIpc) is 3.01. The van der Waals surface area contributed by atoms with Crippen molar-refractivity contribution in [1.82, 2.24) is 20.5 Å². The first kappa shape index (κ1) is 16.0. The first-order valence-corrected chi connectivity index (χ1v) is 7.65.